The molecule has 7 heteroatoms. The van der Waals surface area contributed by atoms with Crippen LogP contribution in [0.15, 0.2) is 35.7 Å². The van der Waals surface area contributed by atoms with E-state index in [9.17, 15) is 9.90 Å². The summed E-state index contributed by atoms with van der Waals surface area (Å²) >= 11 is 1.75. The first kappa shape index (κ1) is 22.1. The number of carbonyl (C=O) groups is 1. The number of rotatable bonds is 10. The normalized spacial score (nSPS) is 19.2. The molecule has 0 bridgehead atoms. The lowest BCUT2D eigenvalue weighted by molar-refractivity contribution is -0.136. The number of thiophene rings is 1. The van der Waals surface area contributed by atoms with Crippen LogP contribution < -0.4 is 9.47 Å². The summed E-state index contributed by atoms with van der Waals surface area (Å²) in [5, 5.41) is 12.0. The van der Waals surface area contributed by atoms with Gasteiger partial charge in [0.05, 0.1) is 25.8 Å². The van der Waals surface area contributed by atoms with E-state index in [1.807, 2.05) is 29.2 Å². The van der Waals surface area contributed by atoms with E-state index in [4.69, 9.17) is 9.47 Å². The Morgan fingerprint density at radius 3 is 2.87 bits per heavy atom. The lowest BCUT2D eigenvalue weighted by Gasteiger charge is -2.37. The molecule has 0 saturated heterocycles. The van der Waals surface area contributed by atoms with Gasteiger partial charge in [0.1, 0.15) is 18.1 Å². The fourth-order valence-electron chi connectivity index (χ4n) is 4.27. The SMILES string of the molecule is COc1cccc(OC[C@@H]2c3ccsc3CCN2C(=O)CN(CC2CC2)C[C@H](C)O)c1. The number of amides is 1. The zero-order valence-corrected chi connectivity index (χ0v) is 19.1. The first-order valence-corrected chi connectivity index (χ1v) is 11.9. The first-order chi connectivity index (χ1) is 15.0. The maximum atomic E-state index is 13.4. The van der Waals surface area contributed by atoms with E-state index in [2.05, 4.69) is 16.3 Å². The maximum absolute atomic E-state index is 13.4. The summed E-state index contributed by atoms with van der Waals surface area (Å²) in [4.78, 5) is 18.8. The van der Waals surface area contributed by atoms with Gasteiger partial charge in [-0.3, -0.25) is 9.69 Å². The van der Waals surface area contributed by atoms with Gasteiger partial charge in [-0.25, -0.2) is 0 Å². The van der Waals surface area contributed by atoms with Crippen LogP contribution in [0.2, 0.25) is 0 Å². The van der Waals surface area contributed by atoms with Crippen LogP contribution in [0.5, 0.6) is 11.5 Å². The van der Waals surface area contributed by atoms with Crippen LogP contribution in [0.3, 0.4) is 0 Å². The van der Waals surface area contributed by atoms with E-state index in [0.29, 0.717) is 32.2 Å². The molecule has 2 aromatic rings. The third-order valence-corrected chi connectivity index (χ3v) is 6.96. The molecular weight excluding hydrogens is 412 g/mol. The highest BCUT2D eigenvalue weighted by molar-refractivity contribution is 7.10. The van der Waals surface area contributed by atoms with Crippen molar-refractivity contribution in [3.63, 3.8) is 0 Å². The van der Waals surface area contributed by atoms with Crippen LogP contribution in [-0.4, -0.2) is 66.8 Å². The predicted molar refractivity (Wildman–Crippen MR) is 122 cm³/mol. The van der Waals surface area contributed by atoms with E-state index in [1.165, 1.54) is 23.3 Å². The molecule has 1 amide bonds. The minimum absolute atomic E-state index is 0.108. The molecule has 0 spiro atoms. The van der Waals surface area contributed by atoms with Crippen molar-refractivity contribution < 1.29 is 19.4 Å². The number of ether oxygens (including phenoxy) is 2. The summed E-state index contributed by atoms with van der Waals surface area (Å²) in [6, 6.07) is 9.58. The molecule has 1 N–H and O–H groups in total. The van der Waals surface area contributed by atoms with Crippen molar-refractivity contribution in [2.45, 2.75) is 38.3 Å². The van der Waals surface area contributed by atoms with Gasteiger partial charge in [0.25, 0.3) is 0 Å². The summed E-state index contributed by atoms with van der Waals surface area (Å²) in [5.41, 5.74) is 1.19. The third kappa shape index (κ3) is 5.79. The second kappa shape index (κ2) is 10.0. The summed E-state index contributed by atoms with van der Waals surface area (Å²) in [6.45, 7) is 4.65. The van der Waals surface area contributed by atoms with Crippen LogP contribution >= 0.6 is 11.3 Å². The summed E-state index contributed by atoms with van der Waals surface area (Å²) in [6.07, 6.45) is 2.89. The summed E-state index contributed by atoms with van der Waals surface area (Å²) in [5.74, 6) is 2.26. The number of hydrogen-bond donors (Lipinski definition) is 1. The molecule has 2 heterocycles. The van der Waals surface area contributed by atoms with Crippen LogP contribution in [-0.2, 0) is 11.2 Å². The van der Waals surface area contributed by atoms with Gasteiger partial charge >= 0.3 is 0 Å². The van der Waals surface area contributed by atoms with Crippen molar-refractivity contribution in [2.24, 2.45) is 5.92 Å². The lowest BCUT2D eigenvalue weighted by atomic mass is 10.0. The largest absolute Gasteiger partial charge is 0.497 e. The van der Waals surface area contributed by atoms with E-state index >= 15 is 0 Å². The Hall–Kier alpha value is -2.09. The van der Waals surface area contributed by atoms with E-state index in [1.54, 1.807) is 25.4 Å². The number of nitrogens with zero attached hydrogens (tertiary/aromatic N) is 2. The Labute approximate surface area is 188 Å². The van der Waals surface area contributed by atoms with Gasteiger partial charge in [0.2, 0.25) is 5.91 Å². The van der Waals surface area contributed by atoms with Gasteiger partial charge in [-0.1, -0.05) is 6.07 Å². The fourth-order valence-corrected chi connectivity index (χ4v) is 5.19. The Balaban J connectivity index is 1.47. The van der Waals surface area contributed by atoms with Crippen molar-refractivity contribution >= 4 is 17.2 Å². The molecule has 31 heavy (non-hydrogen) atoms. The molecule has 0 radical (unpaired) electrons. The lowest BCUT2D eigenvalue weighted by Crippen LogP contribution is -2.48. The van der Waals surface area contributed by atoms with Crippen LogP contribution in [0.4, 0.5) is 0 Å². The Bertz CT molecular complexity index is 876. The van der Waals surface area contributed by atoms with Gasteiger partial charge in [-0.05, 0) is 61.2 Å². The van der Waals surface area contributed by atoms with Crippen LogP contribution in [0.1, 0.15) is 36.2 Å². The van der Waals surface area contributed by atoms with Crippen molar-refractivity contribution in [3.8, 4) is 11.5 Å². The smallest absolute Gasteiger partial charge is 0.237 e. The van der Waals surface area contributed by atoms with Crippen molar-refractivity contribution in [1.82, 2.24) is 9.80 Å². The van der Waals surface area contributed by atoms with Crippen molar-refractivity contribution in [3.05, 3.63) is 46.2 Å². The molecule has 2 aliphatic rings. The maximum Gasteiger partial charge on any atom is 0.237 e. The van der Waals surface area contributed by atoms with Gasteiger partial charge in [-0.2, -0.15) is 0 Å². The monoisotopic (exact) mass is 444 g/mol. The molecule has 1 aromatic carbocycles. The molecule has 1 aliphatic carbocycles. The number of aliphatic hydroxyl groups excluding tert-OH is 1. The first-order valence-electron chi connectivity index (χ1n) is 11.1. The standard InChI is InChI=1S/C24H32N2O4S/c1-17(27)13-25(14-18-6-7-18)15-24(28)26-10-8-23-21(9-11-31-23)22(26)16-30-20-5-3-4-19(12-20)29-2/h3-5,9,11-12,17-18,22,27H,6-8,10,13-16H2,1-2H3/t17-,22+/m0/s1. The Kier molecular flexibility index (Phi) is 7.15. The van der Waals surface area contributed by atoms with E-state index < -0.39 is 6.10 Å². The molecule has 2 atom stereocenters. The van der Waals surface area contributed by atoms with Gasteiger partial charge in [-0.15, -0.1) is 11.3 Å². The number of hydrogen-bond acceptors (Lipinski definition) is 6. The van der Waals surface area contributed by atoms with Crippen molar-refractivity contribution in [2.75, 3.05) is 39.9 Å². The minimum Gasteiger partial charge on any atom is -0.497 e. The number of fused-ring (bicyclic) bond motifs is 1. The molecule has 168 valence electrons. The molecule has 1 saturated carbocycles. The molecule has 1 aliphatic heterocycles. The molecule has 6 nitrogen and oxygen atoms in total. The Morgan fingerprint density at radius 2 is 2.13 bits per heavy atom. The predicted octanol–water partition coefficient (Wildman–Crippen LogP) is 3.35. The number of carbonyl (C=O) groups excluding carboxylic acids is 1. The van der Waals surface area contributed by atoms with Crippen LogP contribution in [0, 0.1) is 5.92 Å². The molecule has 0 unspecified atom stereocenters. The summed E-state index contributed by atoms with van der Waals surface area (Å²) in [7, 11) is 1.64. The number of aliphatic hydroxyl groups is 1. The second-order valence-electron chi connectivity index (χ2n) is 8.63. The minimum atomic E-state index is -0.441. The quantitative estimate of drug-likeness (QED) is 0.609. The number of methoxy groups -OCH3 is 1. The average Bonchev–Trinajstić information content (AvgIpc) is 3.43. The molecular formula is C24H32N2O4S. The van der Waals surface area contributed by atoms with Gasteiger partial charge in [0.15, 0.2) is 0 Å². The highest BCUT2D eigenvalue weighted by atomic mass is 32.1. The zero-order valence-electron chi connectivity index (χ0n) is 18.3. The van der Waals surface area contributed by atoms with Crippen LogP contribution in [0.25, 0.3) is 0 Å². The Morgan fingerprint density at radius 1 is 1.32 bits per heavy atom. The van der Waals surface area contributed by atoms with Gasteiger partial charge in [0, 0.05) is 30.6 Å². The molecule has 1 aromatic heterocycles. The topological polar surface area (TPSA) is 62.2 Å². The average molecular weight is 445 g/mol. The molecule has 4 rings (SSSR count). The van der Waals surface area contributed by atoms with Gasteiger partial charge < -0.3 is 19.5 Å². The summed E-state index contributed by atoms with van der Waals surface area (Å²) < 4.78 is 11.4. The molecule has 1 fully saturated rings. The highest BCUT2D eigenvalue weighted by Crippen LogP contribution is 2.35. The second-order valence-corrected chi connectivity index (χ2v) is 9.63. The zero-order chi connectivity index (χ0) is 21.8. The van der Waals surface area contributed by atoms with Crippen molar-refractivity contribution in [1.29, 1.82) is 0 Å². The van der Waals surface area contributed by atoms with E-state index in [0.717, 1.165) is 24.5 Å². The highest BCUT2D eigenvalue weighted by Gasteiger charge is 2.34. The fraction of sp³-hybridized carbons (Fsp3) is 0.542. The number of benzene rings is 1. The van der Waals surface area contributed by atoms with E-state index in [-0.39, 0.29) is 11.9 Å². The third-order valence-electron chi connectivity index (χ3n) is 5.96.